The molecule has 1 N–H and O–H groups in total. The lowest BCUT2D eigenvalue weighted by atomic mass is 9.95. The van der Waals surface area contributed by atoms with Crippen LogP contribution in [0.2, 0.25) is 0 Å². The SMILES string of the molecule is [CH2]/C=C/C(CCC)C(O)CC. The van der Waals surface area contributed by atoms with E-state index in [-0.39, 0.29) is 6.10 Å². The first-order valence-corrected chi connectivity index (χ1v) is 4.40. The van der Waals surface area contributed by atoms with Crippen molar-refractivity contribution in [2.75, 3.05) is 0 Å². The predicted octanol–water partition coefficient (Wildman–Crippen LogP) is 2.56. The number of aliphatic hydroxyl groups is 1. The average molecular weight is 155 g/mol. The summed E-state index contributed by atoms with van der Waals surface area (Å²) in [5.74, 6) is 0.308. The van der Waals surface area contributed by atoms with Crippen LogP contribution in [0, 0.1) is 12.8 Å². The van der Waals surface area contributed by atoms with Gasteiger partial charge in [-0.1, -0.05) is 32.4 Å². The fraction of sp³-hybridized carbons (Fsp3) is 0.700. The maximum Gasteiger partial charge on any atom is 0.0600 e. The summed E-state index contributed by atoms with van der Waals surface area (Å²) in [7, 11) is 0. The van der Waals surface area contributed by atoms with Crippen LogP contribution in [0.15, 0.2) is 12.2 Å². The third kappa shape index (κ3) is 4.20. The summed E-state index contributed by atoms with van der Waals surface area (Å²) in [6.45, 7) is 7.77. The average Bonchev–Trinajstić information content (AvgIpc) is 2.03. The summed E-state index contributed by atoms with van der Waals surface area (Å²) in [6.07, 6.45) is 6.59. The largest absolute Gasteiger partial charge is 0.393 e. The fourth-order valence-corrected chi connectivity index (χ4v) is 1.23. The van der Waals surface area contributed by atoms with Gasteiger partial charge in [-0.25, -0.2) is 0 Å². The van der Waals surface area contributed by atoms with Crippen LogP contribution in [-0.4, -0.2) is 11.2 Å². The highest BCUT2D eigenvalue weighted by atomic mass is 16.3. The van der Waals surface area contributed by atoms with Gasteiger partial charge in [0.15, 0.2) is 0 Å². The zero-order valence-corrected chi connectivity index (χ0v) is 7.59. The van der Waals surface area contributed by atoms with Gasteiger partial charge in [0.05, 0.1) is 6.10 Å². The second-order valence-corrected chi connectivity index (χ2v) is 2.86. The minimum atomic E-state index is -0.187. The van der Waals surface area contributed by atoms with Gasteiger partial charge in [0.1, 0.15) is 0 Å². The molecule has 0 aliphatic heterocycles. The molecule has 0 rings (SSSR count). The molecular weight excluding hydrogens is 136 g/mol. The minimum absolute atomic E-state index is 0.187. The van der Waals surface area contributed by atoms with E-state index < -0.39 is 0 Å². The van der Waals surface area contributed by atoms with Crippen LogP contribution >= 0.6 is 0 Å². The van der Waals surface area contributed by atoms with Crippen molar-refractivity contribution in [1.29, 1.82) is 0 Å². The van der Waals surface area contributed by atoms with Gasteiger partial charge in [-0.3, -0.25) is 0 Å². The standard InChI is InChI=1S/C10H19O/c1-4-7-9(8-5-2)10(11)6-3/h4,7,9-11H,1,5-6,8H2,2-3H3/b7-4+. The van der Waals surface area contributed by atoms with Crippen LogP contribution in [0.1, 0.15) is 33.1 Å². The van der Waals surface area contributed by atoms with Crippen LogP contribution in [0.5, 0.6) is 0 Å². The first-order valence-electron chi connectivity index (χ1n) is 4.40. The van der Waals surface area contributed by atoms with Crippen molar-refractivity contribution in [2.24, 2.45) is 5.92 Å². The summed E-state index contributed by atoms with van der Waals surface area (Å²) >= 11 is 0. The van der Waals surface area contributed by atoms with Gasteiger partial charge >= 0.3 is 0 Å². The summed E-state index contributed by atoms with van der Waals surface area (Å²) < 4.78 is 0. The Morgan fingerprint density at radius 3 is 2.45 bits per heavy atom. The Morgan fingerprint density at radius 2 is 2.09 bits per heavy atom. The van der Waals surface area contributed by atoms with Gasteiger partial charge in [0.2, 0.25) is 0 Å². The Kier molecular flexibility index (Phi) is 6.24. The smallest absolute Gasteiger partial charge is 0.0600 e. The van der Waals surface area contributed by atoms with Gasteiger partial charge in [-0.2, -0.15) is 0 Å². The Balaban J connectivity index is 3.86. The molecule has 65 valence electrons. The van der Waals surface area contributed by atoms with Crippen molar-refractivity contribution >= 4 is 0 Å². The number of hydrogen-bond donors (Lipinski definition) is 1. The van der Waals surface area contributed by atoms with Crippen molar-refractivity contribution in [3.63, 3.8) is 0 Å². The lowest BCUT2D eigenvalue weighted by Gasteiger charge is -2.17. The Hall–Kier alpha value is -0.300. The highest BCUT2D eigenvalue weighted by molar-refractivity contribution is 4.92. The molecule has 1 heteroatoms. The Bertz CT molecular complexity index is 107. The summed E-state index contributed by atoms with van der Waals surface area (Å²) in [5, 5.41) is 9.50. The topological polar surface area (TPSA) is 20.2 Å². The second-order valence-electron chi connectivity index (χ2n) is 2.86. The molecule has 0 spiro atoms. The van der Waals surface area contributed by atoms with Gasteiger partial charge in [-0.15, -0.1) is 0 Å². The summed E-state index contributed by atoms with van der Waals surface area (Å²) in [4.78, 5) is 0. The molecular formula is C10H19O. The van der Waals surface area contributed by atoms with E-state index in [1.54, 1.807) is 6.08 Å². The van der Waals surface area contributed by atoms with E-state index in [2.05, 4.69) is 13.8 Å². The molecule has 2 unspecified atom stereocenters. The number of allylic oxidation sites excluding steroid dienone is 1. The maximum atomic E-state index is 9.50. The summed E-state index contributed by atoms with van der Waals surface area (Å²) in [5.41, 5.74) is 0. The van der Waals surface area contributed by atoms with E-state index in [0.717, 1.165) is 19.3 Å². The van der Waals surface area contributed by atoms with Crippen LogP contribution in [0.3, 0.4) is 0 Å². The molecule has 0 aliphatic rings. The molecule has 0 bridgehead atoms. The monoisotopic (exact) mass is 155 g/mol. The molecule has 2 atom stereocenters. The second kappa shape index (κ2) is 6.41. The molecule has 0 aromatic rings. The number of aliphatic hydroxyl groups excluding tert-OH is 1. The molecule has 0 fully saturated rings. The quantitative estimate of drug-likeness (QED) is 0.647. The van der Waals surface area contributed by atoms with Gasteiger partial charge in [-0.05, 0) is 19.8 Å². The first-order chi connectivity index (χ1) is 5.26. The fourth-order valence-electron chi connectivity index (χ4n) is 1.23. The Labute approximate surface area is 70.1 Å². The van der Waals surface area contributed by atoms with Crippen LogP contribution in [0.25, 0.3) is 0 Å². The van der Waals surface area contributed by atoms with Crippen molar-refractivity contribution in [3.8, 4) is 0 Å². The lowest BCUT2D eigenvalue weighted by molar-refractivity contribution is 0.121. The first kappa shape index (κ1) is 10.7. The molecule has 1 radical (unpaired) electrons. The maximum absolute atomic E-state index is 9.50. The van der Waals surface area contributed by atoms with Crippen molar-refractivity contribution in [3.05, 3.63) is 19.1 Å². The van der Waals surface area contributed by atoms with E-state index in [0.29, 0.717) is 5.92 Å². The van der Waals surface area contributed by atoms with Gasteiger partial charge < -0.3 is 5.11 Å². The zero-order chi connectivity index (χ0) is 8.69. The van der Waals surface area contributed by atoms with E-state index in [9.17, 15) is 5.11 Å². The van der Waals surface area contributed by atoms with Crippen molar-refractivity contribution < 1.29 is 5.11 Å². The molecule has 0 aromatic heterocycles. The summed E-state index contributed by atoms with van der Waals surface area (Å²) in [6, 6.07) is 0. The minimum Gasteiger partial charge on any atom is -0.393 e. The third-order valence-electron chi connectivity index (χ3n) is 1.92. The highest BCUT2D eigenvalue weighted by Gasteiger charge is 2.12. The highest BCUT2D eigenvalue weighted by Crippen LogP contribution is 2.15. The van der Waals surface area contributed by atoms with Crippen molar-refractivity contribution in [2.45, 2.75) is 39.2 Å². The lowest BCUT2D eigenvalue weighted by Crippen LogP contribution is -2.16. The van der Waals surface area contributed by atoms with Crippen LogP contribution < -0.4 is 0 Å². The van der Waals surface area contributed by atoms with E-state index >= 15 is 0 Å². The van der Waals surface area contributed by atoms with E-state index in [4.69, 9.17) is 0 Å². The van der Waals surface area contributed by atoms with Crippen molar-refractivity contribution in [1.82, 2.24) is 0 Å². The predicted molar refractivity (Wildman–Crippen MR) is 49.2 cm³/mol. The molecule has 0 saturated carbocycles. The Morgan fingerprint density at radius 1 is 1.45 bits per heavy atom. The van der Waals surface area contributed by atoms with E-state index in [1.165, 1.54) is 0 Å². The van der Waals surface area contributed by atoms with Gasteiger partial charge in [0, 0.05) is 5.92 Å². The molecule has 0 saturated heterocycles. The molecule has 0 amide bonds. The number of hydrogen-bond acceptors (Lipinski definition) is 1. The molecule has 1 nitrogen and oxygen atoms in total. The van der Waals surface area contributed by atoms with E-state index in [1.807, 2.05) is 13.0 Å². The third-order valence-corrected chi connectivity index (χ3v) is 1.92. The van der Waals surface area contributed by atoms with Crippen LogP contribution in [0.4, 0.5) is 0 Å². The number of rotatable bonds is 5. The van der Waals surface area contributed by atoms with Crippen LogP contribution in [-0.2, 0) is 0 Å². The zero-order valence-electron chi connectivity index (χ0n) is 7.59. The molecule has 0 heterocycles. The molecule has 11 heavy (non-hydrogen) atoms. The molecule has 0 aliphatic carbocycles. The normalized spacial score (nSPS) is 17.1. The molecule has 0 aromatic carbocycles. The van der Waals surface area contributed by atoms with Gasteiger partial charge in [0.25, 0.3) is 0 Å².